The molecule has 3 rings (SSSR count). The molecule has 0 saturated heterocycles. The quantitative estimate of drug-likeness (QED) is 0.653. The van der Waals surface area contributed by atoms with Crippen LogP contribution >= 0.6 is 11.6 Å². The standard InChI is InChI=1S/C21H21ClN4O/c1-14-6-8-18(9-7-14)26-21(27)19-13-20(25-15(2)24-19)23-11-10-16-4-3-5-17(22)12-16/h3-9,12-13H,10-11H2,1-2H3,(H,26,27)(H,23,24,25). The third kappa shape index (κ3) is 5.53. The van der Waals surface area contributed by atoms with Gasteiger partial charge in [0.05, 0.1) is 0 Å². The number of halogens is 1. The summed E-state index contributed by atoms with van der Waals surface area (Å²) in [4.78, 5) is 21.1. The number of rotatable bonds is 6. The fourth-order valence-corrected chi connectivity index (χ4v) is 2.85. The third-order valence-corrected chi connectivity index (χ3v) is 4.22. The maximum Gasteiger partial charge on any atom is 0.274 e. The maximum absolute atomic E-state index is 12.5. The molecule has 0 bridgehead atoms. The van der Waals surface area contributed by atoms with Gasteiger partial charge in [-0.3, -0.25) is 4.79 Å². The number of amides is 1. The topological polar surface area (TPSA) is 66.9 Å². The molecule has 1 aromatic heterocycles. The minimum atomic E-state index is -0.262. The Bertz CT molecular complexity index is 941. The molecule has 6 heteroatoms. The van der Waals surface area contributed by atoms with Crippen molar-refractivity contribution in [1.29, 1.82) is 0 Å². The molecule has 1 amide bonds. The molecule has 2 N–H and O–H groups in total. The Kier molecular flexibility index (Phi) is 6.04. The van der Waals surface area contributed by atoms with Gasteiger partial charge in [0.15, 0.2) is 0 Å². The van der Waals surface area contributed by atoms with Crippen LogP contribution in [-0.2, 0) is 6.42 Å². The molecular formula is C21H21ClN4O. The van der Waals surface area contributed by atoms with Crippen molar-refractivity contribution in [2.75, 3.05) is 17.2 Å². The van der Waals surface area contributed by atoms with Crippen LogP contribution in [0.25, 0.3) is 0 Å². The summed E-state index contributed by atoms with van der Waals surface area (Å²) in [7, 11) is 0. The molecule has 0 aliphatic heterocycles. The highest BCUT2D eigenvalue weighted by Crippen LogP contribution is 2.14. The van der Waals surface area contributed by atoms with Gasteiger partial charge in [0.2, 0.25) is 0 Å². The normalized spacial score (nSPS) is 10.5. The van der Waals surface area contributed by atoms with E-state index in [2.05, 4.69) is 20.6 Å². The van der Waals surface area contributed by atoms with Crippen LogP contribution in [0, 0.1) is 13.8 Å². The second kappa shape index (κ2) is 8.64. The molecule has 0 fully saturated rings. The fourth-order valence-electron chi connectivity index (χ4n) is 2.63. The lowest BCUT2D eigenvalue weighted by atomic mass is 10.1. The van der Waals surface area contributed by atoms with Crippen molar-refractivity contribution < 1.29 is 4.79 Å². The van der Waals surface area contributed by atoms with Gasteiger partial charge < -0.3 is 10.6 Å². The second-order valence-electron chi connectivity index (χ2n) is 6.31. The van der Waals surface area contributed by atoms with Crippen LogP contribution in [-0.4, -0.2) is 22.4 Å². The fraction of sp³-hybridized carbons (Fsp3) is 0.190. The number of aryl methyl sites for hydroxylation is 2. The lowest BCUT2D eigenvalue weighted by Crippen LogP contribution is -2.16. The van der Waals surface area contributed by atoms with Crippen molar-refractivity contribution in [2.45, 2.75) is 20.3 Å². The van der Waals surface area contributed by atoms with Gasteiger partial charge in [-0.15, -0.1) is 0 Å². The van der Waals surface area contributed by atoms with Gasteiger partial charge >= 0.3 is 0 Å². The van der Waals surface area contributed by atoms with Crippen LogP contribution in [0.4, 0.5) is 11.5 Å². The molecule has 0 saturated carbocycles. The van der Waals surface area contributed by atoms with Crippen LogP contribution in [0.1, 0.15) is 27.4 Å². The number of anilines is 2. The van der Waals surface area contributed by atoms with E-state index >= 15 is 0 Å². The smallest absolute Gasteiger partial charge is 0.274 e. The van der Waals surface area contributed by atoms with Crippen molar-refractivity contribution in [1.82, 2.24) is 9.97 Å². The Balaban J connectivity index is 1.64. The van der Waals surface area contributed by atoms with Crippen LogP contribution in [0.2, 0.25) is 5.02 Å². The van der Waals surface area contributed by atoms with Gasteiger partial charge in [-0.1, -0.05) is 41.4 Å². The molecule has 0 atom stereocenters. The van der Waals surface area contributed by atoms with Crippen molar-refractivity contribution >= 4 is 29.0 Å². The van der Waals surface area contributed by atoms with Crippen LogP contribution in [0.15, 0.2) is 54.6 Å². The van der Waals surface area contributed by atoms with E-state index < -0.39 is 0 Å². The Morgan fingerprint density at radius 1 is 1.04 bits per heavy atom. The van der Waals surface area contributed by atoms with Crippen molar-refractivity contribution in [2.24, 2.45) is 0 Å². The van der Waals surface area contributed by atoms with Crippen LogP contribution in [0.3, 0.4) is 0 Å². The highest BCUT2D eigenvalue weighted by Gasteiger charge is 2.11. The van der Waals surface area contributed by atoms with Crippen LogP contribution in [0.5, 0.6) is 0 Å². The summed E-state index contributed by atoms with van der Waals surface area (Å²) >= 11 is 6.01. The largest absolute Gasteiger partial charge is 0.370 e. The summed E-state index contributed by atoms with van der Waals surface area (Å²) in [6.07, 6.45) is 0.800. The molecule has 0 radical (unpaired) electrons. The molecule has 138 valence electrons. The number of aromatic nitrogens is 2. The predicted octanol–water partition coefficient (Wildman–Crippen LogP) is 4.65. The molecule has 27 heavy (non-hydrogen) atoms. The van der Waals surface area contributed by atoms with E-state index in [1.165, 1.54) is 0 Å². The number of benzene rings is 2. The van der Waals surface area contributed by atoms with Gasteiger partial charge in [-0.05, 0) is 50.1 Å². The van der Waals surface area contributed by atoms with E-state index in [1.807, 2.05) is 55.5 Å². The van der Waals surface area contributed by atoms with Gasteiger partial charge in [0.1, 0.15) is 17.3 Å². The highest BCUT2D eigenvalue weighted by atomic mass is 35.5. The lowest BCUT2D eigenvalue weighted by Gasteiger charge is -2.10. The average molecular weight is 381 g/mol. The molecule has 3 aromatic rings. The van der Waals surface area contributed by atoms with E-state index in [1.54, 1.807) is 13.0 Å². The molecular weight excluding hydrogens is 360 g/mol. The van der Waals surface area contributed by atoms with Crippen LogP contribution < -0.4 is 10.6 Å². The zero-order valence-electron chi connectivity index (χ0n) is 15.3. The zero-order valence-corrected chi connectivity index (χ0v) is 16.0. The van der Waals surface area contributed by atoms with Gasteiger partial charge in [-0.2, -0.15) is 0 Å². The number of nitrogens with zero attached hydrogens (tertiary/aromatic N) is 2. The summed E-state index contributed by atoms with van der Waals surface area (Å²) < 4.78 is 0. The monoisotopic (exact) mass is 380 g/mol. The van der Waals surface area contributed by atoms with Crippen molar-refractivity contribution in [3.05, 3.63) is 82.3 Å². The molecule has 2 aromatic carbocycles. The Morgan fingerprint density at radius 3 is 2.56 bits per heavy atom. The highest BCUT2D eigenvalue weighted by molar-refractivity contribution is 6.30. The number of nitrogens with one attached hydrogen (secondary N) is 2. The first-order valence-corrected chi connectivity index (χ1v) is 9.09. The average Bonchev–Trinajstić information content (AvgIpc) is 2.63. The first-order chi connectivity index (χ1) is 13.0. The summed E-state index contributed by atoms with van der Waals surface area (Å²) in [6, 6.07) is 17.0. The number of hydrogen-bond donors (Lipinski definition) is 2. The number of carbonyl (C=O) groups excluding carboxylic acids is 1. The third-order valence-electron chi connectivity index (χ3n) is 3.99. The Labute approximate surface area is 163 Å². The minimum Gasteiger partial charge on any atom is -0.370 e. The number of hydrogen-bond acceptors (Lipinski definition) is 4. The maximum atomic E-state index is 12.5. The zero-order chi connectivity index (χ0) is 19.2. The first kappa shape index (κ1) is 18.9. The number of carbonyl (C=O) groups is 1. The molecule has 0 aliphatic rings. The SMILES string of the molecule is Cc1ccc(NC(=O)c2cc(NCCc3cccc(Cl)c3)nc(C)n2)cc1. The van der Waals surface area contributed by atoms with Crippen molar-refractivity contribution in [3.8, 4) is 0 Å². The summed E-state index contributed by atoms with van der Waals surface area (Å²) in [5.41, 5.74) is 3.33. The molecule has 5 nitrogen and oxygen atoms in total. The molecule has 0 aliphatic carbocycles. The molecule has 0 spiro atoms. The second-order valence-corrected chi connectivity index (χ2v) is 6.75. The first-order valence-electron chi connectivity index (χ1n) is 8.71. The van der Waals surface area contributed by atoms with Gasteiger partial charge in [0.25, 0.3) is 5.91 Å². The van der Waals surface area contributed by atoms with Crippen molar-refractivity contribution in [3.63, 3.8) is 0 Å². The lowest BCUT2D eigenvalue weighted by molar-refractivity contribution is 0.102. The summed E-state index contributed by atoms with van der Waals surface area (Å²) in [5.74, 6) is 0.901. The summed E-state index contributed by atoms with van der Waals surface area (Å²) in [6.45, 7) is 4.45. The van der Waals surface area contributed by atoms with E-state index in [9.17, 15) is 4.79 Å². The minimum absolute atomic E-state index is 0.262. The predicted molar refractivity (Wildman–Crippen MR) is 110 cm³/mol. The Morgan fingerprint density at radius 2 is 1.81 bits per heavy atom. The van der Waals surface area contributed by atoms with Gasteiger partial charge in [0, 0.05) is 23.3 Å². The summed E-state index contributed by atoms with van der Waals surface area (Å²) in [5, 5.41) is 6.82. The van der Waals surface area contributed by atoms with E-state index in [4.69, 9.17) is 11.6 Å². The van der Waals surface area contributed by atoms with Gasteiger partial charge in [-0.25, -0.2) is 9.97 Å². The molecule has 0 unspecified atom stereocenters. The molecule has 1 heterocycles. The van der Waals surface area contributed by atoms with E-state index in [-0.39, 0.29) is 5.91 Å². The van der Waals surface area contributed by atoms with E-state index in [0.29, 0.717) is 23.9 Å². The Hall–Kier alpha value is -2.92. The van der Waals surface area contributed by atoms with E-state index in [0.717, 1.165) is 28.3 Å².